The third kappa shape index (κ3) is 4.21. The molecule has 1 aromatic carbocycles. The van der Waals surface area contributed by atoms with Crippen LogP contribution < -0.4 is 5.32 Å². The summed E-state index contributed by atoms with van der Waals surface area (Å²) in [5, 5.41) is 4.54. The highest BCUT2D eigenvalue weighted by molar-refractivity contribution is 6.31. The van der Waals surface area contributed by atoms with E-state index in [2.05, 4.69) is 36.2 Å². The molecular weight excluding hydrogens is 268 g/mol. The summed E-state index contributed by atoms with van der Waals surface area (Å²) in [7, 11) is 0. The minimum Gasteiger partial charge on any atom is -0.310 e. The van der Waals surface area contributed by atoms with Crippen LogP contribution in [-0.4, -0.2) is 30.6 Å². The Balaban J connectivity index is 1.98. The molecule has 3 heteroatoms. The van der Waals surface area contributed by atoms with Crippen molar-refractivity contribution in [3.63, 3.8) is 0 Å². The highest BCUT2D eigenvalue weighted by Crippen LogP contribution is 2.26. The Labute approximate surface area is 128 Å². The third-order valence-electron chi connectivity index (χ3n) is 4.32. The second kappa shape index (κ2) is 8.02. The van der Waals surface area contributed by atoms with Crippen LogP contribution in [0.5, 0.6) is 0 Å². The van der Waals surface area contributed by atoms with Gasteiger partial charge in [0, 0.05) is 23.7 Å². The molecule has 0 spiro atoms. The molecule has 0 aromatic heterocycles. The van der Waals surface area contributed by atoms with Crippen molar-refractivity contribution in [3.05, 3.63) is 34.9 Å². The molecule has 20 heavy (non-hydrogen) atoms. The van der Waals surface area contributed by atoms with E-state index < -0.39 is 0 Å². The number of halogens is 1. The average molecular weight is 295 g/mol. The summed E-state index contributed by atoms with van der Waals surface area (Å²) in [5.41, 5.74) is 1.24. The van der Waals surface area contributed by atoms with Crippen molar-refractivity contribution in [1.82, 2.24) is 10.2 Å². The minimum atomic E-state index is 0.372. The summed E-state index contributed by atoms with van der Waals surface area (Å²) in [6.45, 7) is 8.01. The predicted octanol–water partition coefficient (Wildman–Crippen LogP) is 4.26. The molecule has 112 valence electrons. The van der Waals surface area contributed by atoms with Gasteiger partial charge in [-0.3, -0.25) is 0 Å². The van der Waals surface area contributed by atoms with Gasteiger partial charge in [-0.05, 0) is 57.3 Å². The van der Waals surface area contributed by atoms with E-state index in [4.69, 9.17) is 11.6 Å². The quantitative estimate of drug-likeness (QED) is 0.808. The first-order valence-corrected chi connectivity index (χ1v) is 8.32. The van der Waals surface area contributed by atoms with Gasteiger partial charge < -0.3 is 10.2 Å². The standard InChI is InChI=1S/C17H27ClN2/c1-3-11-19-17(15-8-4-5-9-16(15)18)10-13-20-12-6-7-14(20)2/h4-5,8-9,14,17,19H,3,6-7,10-13H2,1-2H3. The maximum atomic E-state index is 6.37. The number of nitrogens with one attached hydrogen (secondary N) is 1. The predicted molar refractivity (Wildman–Crippen MR) is 87.4 cm³/mol. The number of nitrogens with zero attached hydrogens (tertiary/aromatic N) is 1. The molecule has 0 saturated carbocycles. The molecule has 0 aliphatic carbocycles. The van der Waals surface area contributed by atoms with Crippen molar-refractivity contribution in [2.75, 3.05) is 19.6 Å². The lowest BCUT2D eigenvalue weighted by Crippen LogP contribution is -2.32. The number of rotatable bonds is 7. The summed E-state index contributed by atoms with van der Waals surface area (Å²) < 4.78 is 0. The molecule has 0 amide bonds. The van der Waals surface area contributed by atoms with E-state index >= 15 is 0 Å². The maximum absolute atomic E-state index is 6.37. The van der Waals surface area contributed by atoms with Gasteiger partial charge in [0.1, 0.15) is 0 Å². The van der Waals surface area contributed by atoms with Crippen molar-refractivity contribution in [1.29, 1.82) is 0 Å². The molecule has 0 bridgehead atoms. The van der Waals surface area contributed by atoms with E-state index in [0.29, 0.717) is 6.04 Å². The lowest BCUT2D eigenvalue weighted by atomic mass is 10.0. The van der Waals surface area contributed by atoms with Crippen molar-refractivity contribution in [2.45, 2.75) is 51.6 Å². The zero-order valence-corrected chi connectivity index (χ0v) is 13.5. The molecule has 1 heterocycles. The largest absolute Gasteiger partial charge is 0.310 e. The lowest BCUT2D eigenvalue weighted by molar-refractivity contribution is 0.251. The van der Waals surface area contributed by atoms with Crippen LogP contribution >= 0.6 is 11.6 Å². The molecular formula is C17H27ClN2. The Bertz CT molecular complexity index is 408. The molecule has 1 aliphatic heterocycles. The van der Waals surface area contributed by atoms with Gasteiger partial charge in [-0.25, -0.2) is 0 Å². The summed E-state index contributed by atoms with van der Waals surface area (Å²) in [4.78, 5) is 2.61. The van der Waals surface area contributed by atoms with Crippen molar-refractivity contribution in [3.8, 4) is 0 Å². The van der Waals surface area contributed by atoms with Gasteiger partial charge in [0.2, 0.25) is 0 Å². The highest BCUT2D eigenvalue weighted by Gasteiger charge is 2.22. The lowest BCUT2D eigenvalue weighted by Gasteiger charge is -2.26. The topological polar surface area (TPSA) is 15.3 Å². The number of hydrogen-bond donors (Lipinski definition) is 1. The Morgan fingerprint density at radius 3 is 2.85 bits per heavy atom. The molecule has 1 N–H and O–H groups in total. The average Bonchev–Trinajstić information content (AvgIpc) is 2.86. The SMILES string of the molecule is CCCNC(CCN1CCCC1C)c1ccccc1Cl. The minimum absolute atomic E-state index is 0.372. The van der Waals surface area contributed by atoms with Crippen LogP contribution in [0.25, 0.3) is 0 Å². The fourth-order valence-corrected chi connectivity index (χ4v) is 3.33. The smallest absolute Gasteiger partial charge is 0.0453 e. The molecule has 0 radical (unpaired) electrons. The first-order valence-electron chi connectivity index (χ1n) is 7.94. The Kier molecular flexibility index (Phi) is 6.34. The Hall–Kier alpha value is -0.570. The fourth-order valence-electron chi connectivity index (χ4n) is 3.06. The van der Waals surface area contributed by atoms with Gasteiger partial charge in [-0.1, -0.05) is 36.7 Å². The first-order chi connectivity index (χ1) is 9.72. The van der Waals surface area contributed by atoms with Crippen LogP contribution in [0, 0.1) is 0 Å². The first kappa shape index (κ1) is 15.8. The van der Waals surface area contributed by atoms with Crippen LogP contribution in [0.2, 0.25) is 5.02 Å². The summed E-state index contributed by atoms with van der Waals surface area (Å²) >= 11 is 6.37. The van der Waals surface area contributed by atoms with E-state index in [1.54, 1.807) is 0 Å². The van der Waals surface area contributed by atoms with Gasteiger partial charge in [0.25, 0.3) is 0 Å². The van der Waals surface area contributed by atoms with Crippen LogP contribution in [0.15, 0.2) is 24.3 Å². The zero-order valence-electron chi connectivity index (χ0n) is 12.7. The van der Waals surface area contributed by atoms with E-state index in [9.17, 15) is 0 Å². The van der Waals surface area contributed by atoms with Crippen LogP contribution in [0.1, 0.15) is 51.1 Å². The number of likely N-dealkylation sites (tertiary alicyclic amines) is 1. The normalized spacial score (nSPS) is 21.2. The summed E-state index contributed by atoms with van der Waals surface area (Å²) in [6, 6.07) is 9.36. The number of benzene rings is 1. The van der Waals surface area contributed by atoms with Crippen LogP contribution in [0.4, 0.5) is 0 Å². The molecule has 2 rings (SSSR count). The maximum Gasteiger partial charge on any atom is 0.0453 e. The summed E-state index contributed by atoms with van der Waals surface area (Å²) in [5.74, 6) is 0. The molecule has 2 atom stereocenters. The zero-order chi connectivity index (χ0) is 14.4. The Morgan fingerprint density at radius 2 is 2.20 bits per heavy atom. The van der Waals surface area contributed by atoms with Gasteiger partial charge >= 0.3 is 0 Å². The van der Waals surface area contributed by atoms with Gasteiger partial charge in [-0.2, -0.15) is 0 Å². The van der Waals surface area contributed by atoms with Crippen molar-refractivity contribution < 1.29 is 0 Å². The van der Waals surface area contributed by atoms with E-state index in [1.165, 1.54) is 24.9 Å². The second-order valence-electron chi connectivity index (χ2n) is 5.84. The Morgan fingerprint density at radius 1 is 1.40 bits per heavy atom. The third-order valence-corrected chi connectivity index (χ3v) is 4.66. The van der Waals surface area contributed by atoms with Crippen LogP contribution in [0.3, 0.4) is 0 Å². The molecule has 1 aromatic rings. The molecule has 1 saturated heterocycles. The van der Waals surface area contributed by atoms with Gasteiger partial charge in [-0.15, -0.1) is 0 Å². The van der Waals surface area contributed by atoms with Crippen molar-refractivity contribution in [2.24, 2.45) is 0 Å². The fraction of sp³-hybridized carbons (Fsp3) is 0.647. The summed E-state index contributed by atoms with van der Waals surface area (Å²) in [6.07, 6.45) is 4.98. The van der Waals surface area contributed by atoms with Crippen molar-refractivity contribution >= 4 is 11.6 Å². The monoisotopic (exact) mass is 294 g/mol. The van der Waals surface area contributed by atoms with Gasteiger partial charge in [0.15, 0.2) is 0 Å². The van der Waals surface area contributed by atoms with E-state index in [1.807, 2.05) is 12.1 Å². The molecule has 2 unspecified atom stereocenters. The highest BCUT2D eigenvalue weighted by atomic mass is 35.5. The number of hydrogen-bond acceptors (Lipinski definition) is 2. The molecule has 1 aliphatic rings. The second-order valence-corrected chi connectivity index (χ2v) is 6.25. The van der Waals surface area contributed by atoms with E-state index in [0.717, 1.165) is 37.0 Å². The molecule has 1 fully saturated rings. The van der Waals surface area contributed by atoms with Crippen LogP contribution in [-0.2, 0) is 0 Å². The van der Waals surface area contributed by atoms with E-state index in [-0.39, 0.29) is 0 Å². The molecule has 2 nitrogen and oxygen atoms in total. The van der Waals surface area contributed by atoms with Gasteiger partial charge in [0.05, 0.1) is 0 Å².